The fourth-order valence-corrected chi connectivity index (χ4v) is 1.36. The van der Waals surface area contributed by atoms with Crippen LogP contribution in [0.5, 0.6) is 0 Å². The Morgan fingerprint density at radius 2 is 1.86 bits per heavy atom. The van der Waals surface area contributed by atoms with Gasteiger partial charge in [-0.25, -0.2) is 4.79 Å². The third-order valence-electron chi connectivity index (χ3n) is 2.15. The van der Waals surface area contributed by atoms with E-state index in [1.807, 2.05) is 0 Å². The summed E-state index contributed by atoms with van der Waals surface area (Å²) in [5, 5.41) is 25.1. The molecule has 0 saturated carbocycles. The lowest BCUT2D eigenvalue weighted by Crippen LogP contribution is -2.17. The summed E-state index contributed by atoms with van der Waals surface area (Å²) in [4.78, 5) is 21.6. The van der Waals surface area contributed by atoms with Gasteiger partial charge in [0.2, 0.25) is 0 Å². The van der Waals surface area contributed by atoms with Gasteiger partial charge in [-0.15, -0.1) is 0 Å². The molecule has 0 aromatic heterocycles. The number of Topliss-reactive ketones (excluding diaryl/α,β-unsaturated/α-hetero) is 1. The lowest BCUT2D eigenvalue weighted by Gasteiger charge is -2.04. The van der Waals surface area contributed by atoms with E-state index < -0.39 is 23.2 Å². The predicted octanol–water partition coefficient (Wildman–Crippen LogP) is 1.05. The summed E-state index contributed by atoms with van der Waals surface area (Å²) in [5.41, 5.74) is -0.724. The van der Waals surface area contributed by atoms with Crippen LogP contribution in [0.3, 0.4) is 0 Å². The van der Waals surface area contributed by atoms with E-state index in [4.69, 9.17) is 10.5 Å². The van der Waals surface area contributed by atoms with Gasteiger partial charge < -0.3 is 10.2 Å². The second-order valence-electron chi connectivity index (χ2n) is 3.14. The first-order chi connectivity index (χ1) is 6.54. The van der Waals surface area contributed by atoms with Crippen LogP contribution in [0.25, 0.3) is 0 Å². The van der Waals surface area contributed by atoms with Gasteiger partial charge in [-0.2, -0.15) is 0 Å². The predicted molar refractivity (Wildman–Crippen MR) is 48.5 cm³/mol. The van der Waals surface area contributed by atoms with E-state index >= 15 is 0 Å². The SMILES string of the molecule is N=C(C(=O)O)C1=C(O)C(=O)CCCC1. The minimum absolute atomic E-state index is 0.0417. The van der Waals surface area contributed by atoms with Crippen molar-refractivity contribution in [2.24, 2.45) is 0 Å². The van der Waals surface area contributed by atoms with Crippen LogP contribution in [0.2, 0.25) is 0 Å². The maximum atomic E-state index is 11.2. The molecule has 14 heavy (non-hydrogen) atoms. The molecule has 0 spiro atoms. The average Bonchev–Trinajstić information content (AvgIpc) is 2.29. The van der Waals surface area contributed by atoms with Gasteiger partial charge in [0.1, 0.15) is 5.71 Å². The Kier molecular flexibility index (Phi) is 3.01. The van der Waals surface area contributed by atoms with Crippen molar-refractivity contribution in [1.82, 2.24) is 0 Å². The number of hydrogen-bond acceptors (Lipinski definition) is 4. The highest BCUT2D eigenvalue weighted by Crippen LogP contribution is 2.20. The van der Waals surface area contributed by atoms with Crippen LogP contribution in [0.15, 0.2) is 11.3 Å². The number of nitrogens with one attached hydrogen (secondary N) is 1. The molecule has 0 bridgehead atoms. The highest BCUT2D eigenvalue weighted by Gasteiger charge is 2.23. The largest absolute Gasteiger partial charge is 0.504 e. The maximum Gasteiger partial charge on any atom is 0.354 e. The Balaban J connectivity index is 3.03. The lowest BCUT2D eigenvalue weighted by molar-refractivity contribution is -0.129. The molecule has 0 aliphatic heterocycles. The second kappa shape index (κ2) is 4.04. The van der Waals surface area contributed by atoms with Crippen molar-refractivity contribution in [3.8, 4) is 0 Å². The van der Waals surface area contributed by atoms with Crippen molar-refractivity contribution in [2.75, 3.05) is 0 Å². The topological polar surface area (TPSA) is 98.5 Å². The van der Waals surface area contributed by atoms with Crippen molar-refractivity contribution in [3.05, 3.63) is 11.3 Å². The van der Waals surface area contributed by atoms with Crippen molar-refractivity contribution in [1.29, 1.82) is 5.41 Å². The molecule has 0 saturated heterocycles. The minimum Gasteiger partial charge on any atom is -0.504 e. The van der Waals surface area contributed by atoms with Crippen LogP contribution in [0.1, 0.15) is 25.7 Å². The average molecular weight is 197 g/mol. The Bertz CT molecular complexity index is 330. The number of ketones is 1. The Labute approximate surface area is 80.6 Å². The van der Waals surface area contributed by atoms with Gasteiger partial charge in [0, 0.05) is 12.0 Å². The first-order valence-electron chi connectivity index (χ1n) is 4.31. The molecule has 5 nitrogen and oxygen atoms in total. The van der Waals surface area contributed by atoms with Gasteiger partial charge in [0.05, 0.1) is 0 Å². The number of carbonyl (C=O) groups excluding carboxylic acids is 1. The lowest BCUT2D eigenvalue weighted by atomic mass is 10.0. The van der Waals surface area contributed by atoms with Crippen molar-refractivity contribution < 1.29 is 19.8 Å². The van der Waals surface area contributed by atoms with E-state index in [1.54, 1.807) is 0 Å². The monoisotopic (exact) mass is 197 g/mol. The number of aliphatic hydroxyl groups excluding tert-OH is 1. The third kappa shape index (κ3) is 1.99. The third-order valence-corrected chi connectivity index (χ3v) is 2.15. The molecular weight excluding hydrogens is 186 g/mol. The normalized spacial score (nSPS) is 17.9. The molecule has 0 fully saturated rings. The van der Waals surface area contributed by atoms with Crippen molar-refractivity contribution in [3.63, 3.8) is 0 Å². The number of carbonyl (C=O) groups is 2. The molecule has 0 heterocycles. The van der Waals surface area contributed by atoms with Gasteiger partial charge in [0.15, 0.2) is 11.5 Å². The van der Waals surface area contributed by atoms with E-state index in [0.717, 1.165) is 0 Å². The fraction of sp³-hybridized carbons (Fsp3) is 0.444. The summed E-state index contributed by atoms with van der Waals surface area (Å²) in [6, 6.07) is 0. The van der Waals surface area contributed by atoms with Crippen LogP contribution in [0.4, 0.5) is 0 Å². The zero-order valence-corrected chi connectivity index (χ0v) is 7.54. The number of carboxylic acids is 1. The van der Waals surface area contributed by atoms with Gasteiger partial charge in [-0.05, 0) is 19.3 Å². The van der Waals surface area contributed by atoms with Crippen LogP contribution in [-0.2, 0) is 9.59 Å². The van der Waals surface area contributed by atoms with E-state index in [0.29, 0.717) is 12.8 Å². The summed E-state index contributed by atoms with van der Waals surface area (Å²) in [7, 11) is 0. The molecule has 0 unspecified atom stereocenters. The number of rotatable bonds is 2. The first-order valence-corrected chi connectivity index (χ1v) is 4.31. The summed E-state index contributed by atoms with van der Waals surface area (Å²) >= 11 is 0. The summed E-state index contributed by atoms with van der Waals surface area (Å²) in [6.07, 6.45) is 1.75. The van der Waals surface area contributed by atoms with Crippen molar-refractivity contribution in [2.45, 2.75) is 25.7 Å². The number of aliphatic carboxylic acids is 1. The van der Waals surface area contributed by atoms with E-state index in [1.165, 1.54) is 0 Å². The molecule has 3 N–H and O–H groups in total. The van der Waals surface area contributed by atoms with Crippen LogP contribution in [0, 0.1) is 5.41 Å². The second-order valence-corrected chi connectivity index (χ2v) is 3.14. The number of allylic oxidation sites excluding steroid dienone is 1. The van der Waals surface area contributed by atoms with Crippen LogP contribution in [-0.4, -0.2) is 27.7 Å². The number of aliphatic hydroxyl groups is 1. The van der Waals surface area contributed by atoms with E-state index in [-0.39, 0.29) is 18.4 Å². The van der Waals surface area contributed by atoms with Crippen LogP contribution >= 0.6 is 0 Å². The smallest absolute Gasteiger partial charge is 0.354 e. The molecule has 0 radical (unpaired) electrons. The molecule has 76 valence electrons. The molecule has 0 amide bonds. The molecule has 0 aromatic carbocycles. The zero-order chi connectivity index (χ0) is 10.7. The molecule has 1 aliphatic carbocycles. The summed E-state index contributed by atoms with van der Waals surface area (Å²) in [6.45, 7) is 0. The van der Waals surface area contributed by atoms with Crippen molar-refractivity contribution >= 4 is 17.5 Å². The quantitative estimate of drug-likeness (QED) is 0.576. The van der Waals surface area contributed by atoms with Crippen LogP contribution < -0.4 is 0 Å². The molecule has 0 atom stereocenters. The van der Waals surface area contributed by atoms with Gasteiger partial charge >= 0.3 is 5.97 Å². The zero-order valence-electron chi connectivity index (χ0n) is 7.54. The summed E-state index contributed by atoms with van der Waals surface area (Å²) < 4.78 is 0. The highest BCUT2D eigenvalue weighted by molar-refractivity contribution is 6.42. The number of hydrogen-bond donors (Lipinski definition) is 3. The summed E-state index contributed by atoms with van der Waals surface area (Å²) in [5.74, 6) is -2.43. The van der Waals surface area contributed by atoms with Gasteiger partial charge in [-0.3, -0.25) is 10.2 Å². The highest BCUT2D eigenvalue weighted by atomic mass is 16.4. The Morgan fingerprint density at radius 1 is 1.29 bits per heavy atom. The Morgan fingerprint density at radius 3 is 2.43 bits per heavy atom. The fourth-order valence-electron chi connectivity index (χ4n) is 1.36. The van der Waals surface area contributed by atoms with Gasteiger partial charge in [-0.1, -0.05) is 0 Å². The maximum absolute atomic E-state index is 11.2. The van der Waals surface area contributed by atoms with Gasteiger partial charge in [0.25, 0.3) is 0 Å². The molecular formula is C9H11NO4. The van der Waals surface area contributed by atoms with E-state index in [2.05, 4.69) is 0 Å². The molecule has 1 rings (SSSR count). The molecule has 1 aliphatic rings. The minimum atomic E-state index is -1.42. The Hall–Kier alpha value is -1.65. The standard InChI is InChI=1S/C9H11NO4/c10-7(9(13)14)5-3-1-2-4-6(11)8(5)12/h10,12H,1-4H2,(H,13,14). The van der Waals surface area contributed by atoms with E-state index in [9.17, 15) is 14.7 Å². The first kappa shape index (κ1) is 10.4. The number of carboxylic acid groups (broad SMARTS) is 1. The molecule has 0 aromatic rings. The molecule has 5 heteroatoms.